The zero-order valence-corrected chi connectivity index (χ0v) is 12.9. The van der Waals surface area contributed by atoms with Crippen LogP contribution in [0.25, 0.3) is 0 Å². The molecule has 1 fully saturated rings. The number of piperazine rings is 1. The van der Waals surface area contributed by atoms with Crippen molar-refractivity contribution in [3.05, 3.63) is 12.7 Å². The van der Waals surface area contributed by atoms with E-state index in [9.17, 15) is 8.42 Å². The summed E-state index contributed by atoms with van der Waals surface area (Å²) in [6.07, 6.45) is 2.12. The summed E-state index contributed by atoms with van der Waals surface area (Å²) in [5.41, 5.74) is 0. The highest BCUT2D eigenvalue weighted by molar-refractivity contribution is 7.89. The number of halogens is 2. The predicted molar refractivity (Wildman–Crippen MR) is 80.4 cm³/mol. The molecule has 0 aromatic carbocycles. The van der Waals surface area contributed by atoms with Crippen LogP contribution < -0.4 is 10.0 Å². The maximum Gasteiger partial charge on any atom is 0.211 e. The van der Waals surface area contributed by atoms with Crippen molar-refractivity contribution in [2.45, 2.75) is 6.42 Å². The normalized spacial score (nSPS) is 16.4. The van der Waals surface area contributed by atoms with Crippen molar-refractivity contribution in [3.8, 4) is 0 Å². The highest BCUT2D eigenvalue weighted by atomic mass is 35.5. The second-order valence-electron chi connectivity index (χ2n) is 3.88. The Morgan fingerprint density at radius 1 is 1.28 bits per heavy atom. The predicted octanol–water partition coefficient (Wildman–Crippen LogP) is 0.231. The zero-order valence-electron chi connectivity index (χ0n) is 10.4. The number of rotatable bonds is 7. The highest BCUT2D eigenvalue weighted by Crippen LogP contribution is 1.93. The van der Waals surface area contributed by atoms with Gasteiger partial charge in [0.15, 0.2) is 0 Å². The number of hydrogen-bond acceptors (Lipinski definition) is 4. The standard InChI is InChI=1S/C10H21N3O2S.2ClH/c1-2-3-10-16(14,15)12-6-9-13-7-4-11-5-8-13;;/h2,11-12H,1,3-10H2;2*1H. The van der Waals surface area contributed by atoms with E-state index in [1.54, 1.807) is 6.08 Å². The number of nitrogens with zero attached hydrogens (tertiary/aromatic N) is 1. The monoisotopic (exact) mass is 319 g/mol. The molecular weight excluding hydrogens is 297 g/mol. The van der Waals surface area contributed by atoms with Gasteiger partial charge >= 0.3 is 0 Å². The fourth-order valence-corrected chi connectivity index (χ4v) is 2.63. The van der Waals surface area contributed by atoms with E-state index in [0.717, 1.165) is 32.7 Å². The number of allylic oxidation sites excluding steroid dienone is 1. The fourth-order valence-electron chi connectivity index (χ4n) is 1.60. The Morgan fingerprint density at radius 2 is 1.89 bits per heavy atom. The van der Waals surface area contributed by atoms with Crippen LogP contribution in [0.15, 0.2) is 12.7 Å². The summed E-state index contributed by atoms with van der Waals surface area (Å²) in [6.45, 7) is 8.76. The molecule has 1 aliphatic rings. The molecule has 8 heteroatoms. The molecule has 0 aromatic rings. The molecule has 5 nitrogen and oxygen atoms in total. The third-order valence-corrected chi connectivity index (χ3v) is 3.97. The Kier molecular flexibility index (Phi) is 12.5. The van der Waals surface area contributed by atoms with Crippen LogP contribution in [-0.4, -0.2) is 58.3 Å². The van der Waals surface area contributed by atoms with Gasteiger partial charge in [0, 0.05) is 39.3 Å². The molecule has 0 aromatic heterocycles. The van der Waals surface area contributed by atoms with Crippen LogP contribution in [0.4, 0.5) is 0 Å². The quantitative estimate of drug-likeness (QED) is 0.659. The van der Waals surface area contributed by atoms with E-state index in [1.807, 2.05) is 0 Å². The molecule has 0 amide bonds. The summed E-state index contributed by atoms with van der Waals surface area (Å²) < 4.78 is 25.5. The minimum absolute atomic E-state index is 0. The van der Waals surface area contributed by atoms with Gasteiger partial charge < -0.3 is 5.32 Å². The Morgan fingerprint density at radius 3 is 2.44 bits per heavy atom. The minimum Gasteiger partial charge on any atom is -0.314 e. The fraction of sp³-hybridized carbons (Fsp3) is 0.800. The van der Waals surface area contributed by atoms with Crippen LogP contribution in [0.2, 0.25) is 0 Å². The first kappa shape index (κ1) is 20.5. The van der Waals surface area contributed by atoms with Gasteiger partial charge in [0.1, 0.15) is 0 Å². The molecule has 110 valence electrons. The Hall–Kier alpha value is 0.150. The van der Waals surface area contributed by atoms with Crippen molar-refractivity contribution in [1.82, 2.24) is 14.9 Å². The Balaban J connectivity index is 0. The Bertz CT molecular complexity index is 306. The molecular formula is C10H23Cl2N3O2S. The molecule has 0 saturated carbocycles. The third-order valence-electron chi connectivity index (χ3n) is 2.55. The van der Waals surface area contributed by atoms with Crippen molar-refractivity contribution in [2.24, 2.45) is 0 Å². The molecule has 18 heavy (non-hydrogen) atoms. The molecule has 2 N–H and O–H groups in total. The van der Waals surface area contributed by atoms with Crippen LogP contribution in [0, 0.1) is 0 Å². The van der Waals surface area contributed by atoms with Crippen LogP contribution in [0.5, 0.6) is 0 Å². The van der Waals surface area contributed by atoms with Gasteiger partial charge in [0.25, 0.3) is 0 Å². The molecule has 1 rings (SSSR count). The summed E-state index contributed by atoms with van der Waals surface area (Å²) in [5, 5.41) is 3.26. The largest absolute Gasteiger partial charge is 0.314 e. The average Bonchev–Trinajstić information content (AvgIpc) is 2.28. The van der Waals surface area contributed by atoms with Crippen LogP contribution in [0.1, 0.15) is 6.42 Å². The smallest absolute Gasteiger partial charge is 0.211 e. The summed E-state index contributed by atoms with van der Waals surface area (Å²) in [4.78, 5) is 2.26. The molecule has 0 spiro atoms. The lowest BCUT2D eigenvalue weighted by Gasteiger charge is -2.27. The molecule has 1 saturated heterocycles. The van der Waals surface area contributed by atoms with Crippen molar-refractivity contribution in [1.29, 1.82) is 0 Å². The molecule has 0 bridgehead atoms. The first-order valence-corrected chi connectivity index (χ1v) is 7.30. The van der Waals surface area contributed by atoms with E-state index in [4.69, 9.17) is 0 Å². The van der Waals surface area contributed by atoms with Crippen LogP contribution >= 0.6 is 24.8 Å². The lowest BCUT2D eigenvalue weighted by Crippen LogP contribution is -2.46. The van der Waals surface area contributed by atoms with E-state index in [0.29, 0.717) is 13.0 Å². The van der Waals surface area contributed by atoms with Crippen molar-refractivity contribution >= 4 is 34.8 Å². The summed E-state index contributed by atoms with van der Waals surface area (Å²) in [5.74, 6) is 0.137. The summed E-state index contributed by atoms with van der Waals surface area (Å²) in [6, 6.07) is 0. The summed E-state index contributed by atoms with van der Waals surface area (Å²) in [7, 11) is -3.11. The van der Waals surface area contributed by atoms with Gasteiger partial charge in [-0.25, -0.2) is 13.1 Å². The van der Waals surface area contributed by atoms with E-state index in [-0.39, 0.29) is 30.6 Å². The first-order chi connectivity index (χ1) is 7.64. The SMILES string of the molecule is C=CCCS(=O)(=O)NCCN1CCNCC1.Cl.Cl. The van der Waals surface area contributed by atoms with Gasteiger partial charge in [0.2, 0.25) is 10.0 Å². The Labute approximate surface area is 122 Å². The van der Waals surface area contributed by atoms with Gasteiger partial charge in [-0.2, -0.15) is 0 Å². The average molecular weight is 320 g/mol. The molecule has 0 aliphatic carbocycles. The third kappa shape index (κ3) is 9.13. The second-order valence-corrected chi connectivity index (χ2v) is 5.81. The van der Waals surface area contributed by atoms with E-state index in [1.165, 1.54) is 0 Å². The molecule has 0 unspecified atom stereocenters. The zero-order chi connectivity index (χ0) is 11.9. The van der Waals surface area contributed by atoms with Gasteiger partial charge in [-0.1, -0.05) is 6.08 Å². The highest BCUT2D eigenvalue weighted by Gasteiger charge is 2.11. The maximum atomic E-state index is 11.4. The van der Waals surface area contributed by atoms with Crippen molar-refractivity contribution < 1.29 is 8.42 Å². The lowest BCUT2D eigenvalue weighted by molar-refractivity contribution is 0.245. The van der Waals surface area contributed by atoms with Crippen LogP contribution in [0.3, 0.4) is 0 Å². The van der Waals surface area contributed by atoms with Crippen molar-refractivity contribution in [3.63, 3.8) is 0 Å². The van der Waals surface area contributed by atoms with Crippen LogP contribution in [-0.2, 0) is 10.0 Å². The van der Waals surface area contributed by atoms with E-state index >= 15 is 0 Å². The molecule has 1 heterocycles. The topological polar surface area (TPSA) is 61.4 Å². The molecule has 0 atom stereocenters. The maximum absolute atomic E-state index is 11.4. The molecule has 0 radical (unpaired) electrons. The minimum atomic E-state index is -3.11. The van der Waals surface area contributed by atoms with Gasteiger partial charge in [-0.15, -0.1) is 31.4 Å². The van der Waals surface area contributed by atoms with Gasteiger partial charge in [-0.05, 0) is 6.42 Å². The van der Waals surface area contributed by atoms with Crippen molar-refractivity contribution in [2.75, 3.05) is 45.0 Å². The first-order valence-electron chi connectivity index (χ1n) is 5.65. The molecule has 1 aliphatic heterocycles. The lowest BCUT2D eigenvalue weighted by atomic mass is 10.3. The number of sulfonamides is 1. The number of hydrogen-bond donors (Lipinski definition) is 2. The van der Waals surface area contributed by atoms with Gasteiger partial charge in [0.05, 0.1) is 5.75 Å². The van der Waals surface area contributed by atoms with E-state index in [2.05, 4.69) is 21.5 Å². The van der Waals surface area contributed by atoms with E-state index < -0.39 is 10.0 Å². The number of nitrogens with one attached hydrogen (secondary N) is 2. The van der Waals surface area contributed by atoms with Gasteiger partial charge in [-0.3, -0.25) is 4.90 Å². The summed E-state index contributed by atoms with van der Waals surface area (Å²) >= 11 is 0. The second kappa shape index (κ2) is 11.0.